The maximum absolute atomic E-state index is 13.4. The van der Waals surface area contributed by atoms with Gasteiger partial charge in [0.25, 0.3) is 0 Å². The minimum Gasteiger partial charge on any atom is -0.285 e. The summed E-state index contributed by atoms with van der Waals surface area (Å²) in [6, 6.07) is 4.22. The van der Waals surface area contributed by atoms with E-state index in [0.29, 0.717) is 12.2 Å². The second-order valence-corrected chi connectivity index (χ2v) is 3.20. The van der Waals surface area contributed by atoms with Gasteiger partial charge in [0.2, 0.25) is 5.78 Å². The van der Waals surface area contributed by atoms with Gasteiger partial charge in [-0.3, -0.25) is 9.48 Å². The van der Waals surface area contributed by atoms with Gasteiger partial charge in [-0.15, -0.1) is 0 Å². The van der Waals surface area contributed by atoms with Gasteiger partial charge in [0.05, 0.1) is 0 Å². The monoisotopic (exact) mass is 219 g/mol. The van der Waals surface area contributed by atoms with Crippen LogP contribution in [0.25, 0.3) is 0 Å². The van der Waals surface area contributed by atoms with Gasteiger partial charge >= 0.3 is 0 Å². The molecule has 0 bridgehead atoms. The standard InChI is InChI=1S/C11H10FN3O/c1-2-15-9(5-7-14-15)11(16)10-8(12)4-3-6-13-10/h3-7H,2H2,1H3. The molecule has 0 aromatic carbocycles. The second kappa shape index (κ2) is 4.22. The van der Waals surface area contributed by atoms with Crippen LogP contribution in [0.5, 0.6) is 0 Å². The molecule has 0 amide bonds. The van der Waals surface area contributed by atoms with E-state index in [2.05, 4.69) is 10.1 Å². The first-order chi connectivity index (χ1) is 7.74. The Hall–Kier alpha value is -2.04. The largest absolute Gasteiger partial charge is 0.285 e. The zero-order valence-electron chi connectivity index (χ0n) is 8.72. The Morgan fingerprint density at radius 2 is 2.25 bits per heavy atom. The van der Waals surface area contributed by atoms with Crippen molar-refractivity contribution in [3.63, 3.8) is 0 Å². The summed E-state index contributed by atoms with van der Waals surface area (Å²) >= 11 is 0. The van der Waals surface area contributed by atoms with Crippen molar-refractivity contribution in [1.29, 1.82) is 0 Å². The molecule has 2 rings (SSSR count). The molecular formula is C11H10FN3O. The van der Waals surface area contributed by atoms with Crippen LogP contribution in [0.4, 0.5) is 4.39 Å². The molecule has 0 saturated heterocycles. The molecule has 4 nitrogen and oxygen atoms in total. The third kappa shape index (κ3) is 1.71. The highest BCUT2D eigenvalue weighted by Crippen LogP contribution is 2.10. The summed E-state index contributed by atoms with van der Waals surface area (Å²) < 4.78 is 14.9. The molecule has 0 spiro atoms. The van der Waals surface area contributed by atoms with Gasteiger partial charge in [0, 0.05) is 18.9 Å². The quantitative estimate of drug-likeness (QED) is 0.738. The van der Waals surface area contributed by atoms with Gasteiger partial charge in [-0.25, -0.2) is 9.37 Å². The molecule has 2 aromatic rings. The fraction of sp³-hybridized carbons (Fsp3) is 0.182. The van der Waals surface area contributed by atoms with E-state index < -0.39 is 11.6 Å². The van der Waals surface area contributed by atoms with Crippen LogP contribution >= 0.6 is 0 Å². The van der Waals surface area contributed by atoms with Crippen molar-refractivity contribution < 1.29 is 9.18 Å². The van der Waals surface area contributed by atoms with Crippen molar-refractivity contribution in [2.75, 3.05) is 0 Å². The summed E-state index contributed by atoms with van der Waals surface area (Å²) in [5, 5.41) is 3.96. The highest BCUT2D eigenvalue weighted by molar-refractivity contribution is 6.06. The number of aryl methyl sites for hydroxylation is 1. The van der Waals surface area contributed by atoms with E-state index in [0.717, 1.165) is 0 Å². The Labute approximate surface area is 91.7 Å². The highest BCUT2D eigenvalue weighted by atomic mass is 19.1. The molecule has 0 unspecified atom stereocenters. The van der Waals surface area contributed by atoms with Gasteiger partial charge in [-0.05, 0) is 25.1 Å². The first kappa shape index (κ1) is 10.5. The number of hydrogen-bond acceptors (Lipinski definition) is 3. The molecule has 0 aliphatic heterocycles. The van der Waals surface area contributed by atoms with Gasteiger partial charge < -0.3 is 0 Å². The first-order valence-electron chi connectivity index (χ1n) is 4.91. The van der Waals surface area contributed by atoms with E-state index in [1.807, 2.05) is 6.92 Å². The van der Waals surface area contributed by atoms with Crippen molar-refractivity contribution in [1.82, 2.24) is 14.8 Å². The number of nitrogens with zero attached hydrogens (tertiary/aromatic N) is 3. The normalized spacial score (nSPS) is 10.4. The van der Waals surface area contributed by atoms with Crippen LogP contribution in [0.2, 0.25) is 0 Å². The molecule has 5 heteroatoms. The maximum atomic E-state index is 13.4. The molecule has 0 aliphatic rings. The molecular weight excluding hydrogens is 209 g/mol. The Balaban J connectivity index is 2.44. The maximum Gasteiger partial charge on any atom is 0.232 e. The molecule has 2 aromatic heterocycles. The number of rotatable bonds is 3. The summed E-state index contributed by atoms with van der Waals surface area (Å²) in [5.74, 6) is -1.06. The second-order valence-electron chi connectivity index (χ2n) is 3.20. The molecule has 0 atom stereocenters. The average molecular weight is 219 g/mol. The Kier molecular flexibility index (Phi) is 2.76. The third-order valence-electron chi connectivity index (χ3n) is 2.22. The van der Waals surface area contributed by atoms with E-state index in [4.69, 9.17) is 0 Å². The average Bonchev–Trinajstić information content (AvgIpc) is 2.77. The lowest BCUT2D eigenvalue weighted by Crippen LogP contribution is -2.13. The molecule has 0 aliphatic carbocycles. The number of ketones is 1. The van der Waals surface area contributed by atoms with Gasteiger partial charge in [0.1, 0.15) is 11.4 Å². The number of pyridine rings is 1. The summed E-state index contributed by atoms with van der Waals surface area (Å²) in [4.78, 5) is 15.7. The number of carbonyl (C=O) groups excluding carboxylic acids is 1. The van der Waals surface area contributed by atoms with Gasteiger partial charge in [-0.1, -0.05) is 0 Å². The van der Waals surface area contributed by atoms with E-state index in [-0.39, 0.29) is 5.69 Å². The molecule has 0 fully saturated rings. The van der Waals surface area contributed by atoms with Crippen LogP contribution in [-0.2, 0) is 6.54 Å². The predicted octanol–water partition coefficient (Wildman–Crippen LogP) is 1.67. The highest BCUT2D eigenvalue weighted by Gasteiger charge is 2.18. The van der Waals surface area contributed by atoms with Crippen LogP contribution in [0, 0.1) is 5.82 Å². The summed E-state index contributed by atoms with van der Waals surface area (Å²) in [7, 11) is 0. The molecule has 82 valence electrons. The van der Waals surface area contributed by atoms with Crippen LogP contribution in [0.1, 0.15) is 23.1 Å². The lowest BCUT2D eigenvalue weighted by Gasteiger charge is -2.03. The number of carbonyl (C=O) groups is 1. The SMILES string of the molecule is CCn1nccc1C(=O)c1ncccc1F. The molecule has 2 heterocycles. The third-order valence-corrected chi connectivity index (χ3v) is 2.22. The van der Waals surface area contributed by atoms with E-state index in [1.54, 1.807) is 6.07 Å². The Bertz CT molecular complexity index is 521. The van der Waals surface area contributed by atoms with E-state index >= 15 is 0 Å². The van der Waals surface area contributed by atoms with Crippen molar-refractivity contribution in [2.24, 2.45) is 0 Å². The molecule has 0 radical (unpaired) electrons. The fourth-order valence-corrected chi connectivity index (χ4v) is 1.45. The molecule has 0 N–H and O–H groups in total. The van der Waals surface area contributed by atoms with Crippen LogP contribution in [0.3, 0.4) is 0 Å². The summed E-state index contributed by atoms with van der Waals surface area (Å²) in [6.07, 6.45) is 2.90. The van der Waals surface area contributed by atoms with Gasteiger partial charge in [-0.2, -0.15) is 5.10 Å². The van der Waals surface area contributed by atoms with Crippen LogP contribution in [0.15, 0.2) is 30.6 Å². The fourth-order valence-electron chi connectivity index (χ4n) is 1.45. The minimum atomic E-state index is -0.614. The first-order valence-corrected chi connectivity index (χ1v) is 4.91. The van der Waals surface area contributed by atoms with Crippen molar-refractivity contribution in [3.8, 4) is 0 Å². The lowest BCUT2D eigenvalue weighted by atomic mass is 10.2. The topological polar surface area (TPSA) is 47.8 Å². The lowest BCUT2D eigenvalue weighted by molar-refractivity contribution is 0.102. The Morgan fingerprint density at radius 1 is 1.44 bits per heavy atom. The zero-order valence-corrected chi connectivity index (χ0v) is 8.72. The van der Waals surface area contributed by atoms with Crippen molar-refractivity contribution in [3.05, 3.63) is 47.8 Å². The summed E-state index contributed by atoms with van der Waals surface area (Å²) in [5.41, 5.74) is 0.179. The van der Waals surface area contributed by atoms with Crippen molar-refractivity contribution in [2.45, 2.75) is 13.5 Å². The van der Waals surface area contributed by atoms with E-state index in [9.17, 15) is 9.18 Å². The Morgan fingerprint density at radius 3 is 2.94 bits per heavy atom. The zero-order chi connectivity index (χ0) is 11.5. The number of hydrogen-bond donors (Lipinski definition) is 0. The number of aromatic nitrogens is 3. The van der Waals surface area contributed by atoms with Crippen LogP contribution < -0.4 is 0 Å². The smallest absolute Gasteiger partial charge is 0.232 e. The molecule has 16 heavy (non-hydrogen) atoms. The number of halogens is 1. The van der Waals surface area contributed by atoms with Gasteiger partial charge in [0.15, 0.2) is 5.82 Å². The van der Waals surface area contributed by atoms with Crippen molar-refractivity contribution >= 4 is 5.78 Å². The predicted molar refractivity (Wildman–Crippen MR) is 55.5 cm³/mol. The minimum absolute atomic E-state index is 0.169. The molecule has 0 saturated carbocycles. The summed E-state index contributed by atoms with van der Waals surface area (Å²) in [6.45, 7) is 2.42. The van der Waals surface area contributed by atoms with Crippen LogP contribution in [-0.4, -0.2) is 20.5 Å². The van der Waals surface area contributed by atoms with E-state index in [1.165, 1.54) is 29.2 Å².